The first-order chi connectivity index (χ1) is 16.0. The van der Waals surface area contributed by atoms with Gasteiger partial charge in [0.25, 0.3) is 5.69 Å². The number of nitrogens with zero attached hydrogens (tertiary/aromatic N) is 2. The van der Waals surface area contributed by atoms with Gasteiger partial charge in [-0.05, 0) is 23.8 Å². The highest BCUT2D eigenvalue weighted by Crippen LogP contribution is 2.37. The van der Waals surface area contributed by atoms with E-state index in [4.69, 9.17) is 15.2 Å². The summed E-state index contributed by atoms with van der Waals surface area (Å²) in [4.78, 5) is 25.1. The van der Waals surface area contributed by atoms with Gasteiger partial charge in [0.1, 0.15) is 17.7 Å². The van der Waals surface area contributed by atoms with Gasteiger partial charge in [-0.15, -0.1) is 0 Å². The molecule has 1 amide bonds. The predicted molar refractivity (Wildman–Crippen MR) is 121 cm³/mol. The van der Waals surface area contributed by atoms with Crippen LogP contribution >= 0.6 is 0 Å². The Labute approximate surface area is 190 Å². The van der Waals surface area contributed by atoms with Crippen molar-refractivity contribution in [3.05, 3.63) is 99.6 Å². The number of nitro benzene ring substituents is 1. The van der Waals surface area contributed by atoms with Gasteiger partial charge < -0.3 is 15.2 Å². The van der Waals surface area contributed by atoms with Crippen LogP contribution in [0, 0.1) is 10.1 Å². The first-order valence-corrected chi connectivity index (χ1v) is 10.4. The number of nitrogens with two attached hydrogens (primary N) is 1. The van der Waals surface area contributed by atoms with E-state index in [1.54, 1.807) is 24.1 Å². The molecule has 170 valence electrons. The first-order valence-electron chi connectivity index (χ1n) is 10.4. The molecule has 3 aromatic rings. The Hall–Kier alpha value is -3.95. The predicted octanol–water partition coefficient (Wildman–Crippen LogP) is 3.10. The molecule has 0 radical (unpaired) electrons. The molecule has 9 heteroatoms. The van der Waals surface area contributed by atoms with Crippen molar-refractivity contribution >= 4 is 11.6 Å². The molecular formula is C24H24N4O5. The average molecular weight is 448 g/mol. The van der Waals surface area contributed by atoms with Gasteiger partial charge in [-0.25, -0.2) is 4.90 Å². The number of carbonyl (C=O) groups excluding carboxylic acids is 1. The Morgan fingerprint density at radius 2 is 1.97 bits per heavy atom. The van der Waals surface area contributed by atoms with Crippen LogP contribution in [0.3, 0.4) is 0 Å². The molecule has 2 atom stereocenters. The molecule has 0 saturated heterocycles. The summed E-state index contributed by atoms with van der Waals surface area (Å²) in [6.07, 6.45) is -1.63. The summed E-state index contributed by atoms with van der Waals surface area (Å²) in [5.41, 5.74) is 8.11. The molecule has 3 N–H and O–H groups in total. The number of methoxy groups -OCH3 is 1. The van der Waals surface area contributed by atoms with E-state index in [1.807, 2.05) is 48.5 Å². The van der Waals surface area contributed by atoms with Crippen LogP contribution in [-0.4, -0.2) is 29.0 Å². The van der Waals surface area contributed by atoms with E-state index in [0.717, 1.165) is 16.9 Å². The lowest BCUT2D eigenvalue weighted by Crippen LogP contribution is -2.56. The lowest BCUT2D eigenvalue weighted by Gasteiger charge is -2.40. The lowest BCUT2D eigenvalue weighted by atomic mass is 10.1. The molecule has 0 bridgehead atoms. The van der Waals surface area contributed by atoms with E-state index in [1.165, 1.54) is 12.1 Å². The summed E-state index contributed by atoms with van der Waals surface area (Å²) in [7, 11) is 1.60. The smallest absolute Gasteiger partial charge is 0.269 e. The number of carbonyl (C=O) groups is 1. The molecule has 1 aliphatic heterocycles. The minimum absolute atomic E-state index is 0.0586. The Morgan fingerprint density at radius 1 is 1.21 bits per heavy atom. The van der Waals surface area contributed by atoms with E-state index < -0.39 is 23.2 Å². The van der Waals surface area contributed by atoms with Crippen LogP contribution < -0.4 is 20.5 Å². The Balaban J connectivity index is 1.65. The quantitative estimate of drug-likeness (QED) is 0.401. The molecule has 1 heterocycles. The zero-order chi connectivity index (χ0) is 23.4. The zero-order valence-corrected chi connectivity index (χ0v) is 18.0. The molecular weight excluding hydrogens is 424 g/mol. The van der Waals surface area contributed by atoms with Gasteiger partial charge in [0, 0.05) is 36.3 Å². The highest BCUT2D eigenvalue weighted by molar-refractivity contribution is 5.79. The van der Waals surface area contributed by atoms with Gasteiger partial charge in [0.05, 0.1) is 12.0 Å². The number of para-hydroxylation sites is 1. The number of non-ortho nitro benzene ring substituents is 1. The number of rotatable bonds is 8. The number of ether oxygens (including phenoxy) is 2. The second kappa shape index (κ2) is 9.68. The van der Waals surface area contributed by atoms with Crippen LogP contribution in [0.5, 0.6) is 11.5 Å². The van der Waals surface area contributed by atoms with E-state index in [2.05, 4.69) is 5.32 Å². The summed E-state index contributed by atoms with van der Waals surface area (Å²) in [6.45, 7) is 0.740. The second-order valence-electron chi connectivity index (χ2n) is 7.64. The van der Waals surface area contributed by atoms with Crippen molar-refractivity contribution in [2.24, 2.45) is 5.73 Å². The third-order valence-electron chi connectivity index (χ3n) is 5.49. The van der Waals surface area contributed by atoms with Gasteiger partial charge in [-0.1, -0.05) is 42.5 Å². The summed E-state index contributed by atoms with van der Waals surface area (Å²) >= 11 is 0. The minimum Gasteiger partial charge on any atom is -0.497 e. The third kappa shape index (κ3) is 4.94. The maximum Gasteiger partial charge on any atom is 0.269 e. The molecule has 1 aliphatic rings. The van der Waals surface area contributed by atoms with Crippen molar-refractivity contribution < 1.29 is 19.2 Å². The fraction of sp³-hybridized carbons (Fsp3) is 0.208. The van der Waals surface area contributed by atoms with Crippen molar-refractivity contribution in [3.8, 4) is 11.5 Å². The van der Waals surface area contributed by atoms with Crippen molar-refractivity contribution in [3.63, 3.8) is 0 Å². The highest BCUT2D eigenvalue weighted by atomic mass is 16.6. The Kier molecular flexibility index (Phi) is 6.53. The molecule has 0 aliphatic carbocycles. The normalized spacial score (nSPS) is 16.3. The van der Waals surface area contributed by atoms with Gasteiger partial charge in [0.2, 0.25) is 5.91 Å². The van der Waals surface area contributed by atoms with E-state index in [-0.39, 0.29) is 5.69 Å². The van der Waals surface area contributed by atoms with Crippen LogP contribution in [0.2, 0.25) is 0 Å². The molecule has 33 heavy (non-hydrogen) atoms. The van der Waals surface area contributed by atoms with E-state index >= 15 is 0 Å². The fourth-order valence-corrected chi connectivity index (χ4v) is 3.83. The third-order valence-corrected chi connectivity index (χ3v) is 5.49. The van der Waals surface area contributed by atoms with Crippen LogP contribution in [-0.2, 0) is 17.9 Å². The average Bonchev–Trinajstić information content (AvgIpc) is 2.84. The number of hydrogen-bond donors (Lipinski definition) is 2. The summed E-state index contributed by atoms with van der Waals surface area (Å²) < 4.78 is 11.4. The molecule has 0 saturated carbocycles. The zero-order valence-electron chi connectivity index (χ0n) is 18.0. The number of hydrogen-bond acceptors (Lipinski definition) is 7. The maximum absolute atomic E-state index is 12.5. The number of amides is 1. The van der Waals surface area contributed by atoms with Gasteiger partial charge in [0.15, 0.2) is 6.23 Å². The SMILES string of the molecule is COc1ccc(CNC(C(N)=O)N2Cc3ccccc3OC2c2cccc([N+](=O)[O-])c2)cc1. The number of nitrogens with one attached hydrogen (secondary N) is 1. The molecule has 9 nitrogen and oxygen atoms in total. The number of benzene rings is 3. The summed E-state index contributed by atoms with van der Waals surface area (Å²) in [5.74, 6) is 0.808. The Bertz CT molecular complexity index is 1150. The largest absolute Gasteiger partial charge is 0.497 e. The molecule has 4 rings (SSSR count). The standard InChI is InChI=1S/C24H24N4O5/c1-32-20-11-9-16(10-12-20)14-26-23(22(25)29)27-15-18-5-2-3-8-21(18)33-24(27)17-6-4-7-19(13-17)28(30)31/h2-13,23-24,26H,14-15H2,1H3,(H2,25,29). The van der Waals surface area contributed by atoms with Gasteiger partial charge in [-0.3, -0.25) is 20.2 Å². The van der Waals surface area contributed by atoms with Gasteiger partial charge in [-0.2, -0.15) is 0 Å². The van der Waals surface area contributed by atoms with E-state index in [9.17, 15) is 14.9 Å². The fourth-order valence-electron chi connectivity index (χ4n) is 3.83. The highest BCUT2D eigenvalue weighted by Gasteiger charge is 2.37. The first kappa shape index (κ1) is 22.3. The lowest BCUT2D eigenvalue weighted by molar-refractivity contribution is -0.385. The molecule has 0 aromatic heterocycles. The molecule has 3 aromatic carbocycles. The van der Waals surface area contributed by atoms with Crippen LogP contribution in [0.4, 0.5) is 5.69 Å². The van der Waals surface area contributed by atoms with Crippen LogP contribution in [0.15, 0.2) is 72.8 Å². The van der Waals surface area contributed by atoms with Crippen molar-refractivity contribution in [2.75, 3.05) is 7.11 Å². The van der Waals surface area contributed by atoms with Crippen molar-refractivity contribution in [1.29, 1.82) is 0 Å². The van der Waals surface area contributed by atoms with Crippen LogP contribution in [0.25, 0.3) is 0 Å². The Morgan fingerprint density at radius 3 is 2.67 bits per heavy atom. The monoisotopic (exact) mass is 448 g/mol. The van der Waals surface area contributed by atoms with Crippen LogP contribution in [0.1, 0.15) is 22.9 Å². The number of primary amides is 1. The summed E-state index contributed by atoms with van der Waals surface area (Å²) in [6, 6.07) is 21.1. The summed E-state index contributed by atoms with van der Waals surface area (Å²) in [5, 5.41) is 14.5. The molecule has 2 unspecified atom stereocenters. The molecule has 0 fully saturated rings. The number of nitro groups is 1. The van der Waals surface area contributed by atoms with E-state index in [0.29, 0.717) is 24.4 Å². The maximum atomic E-state index is 12.5. The molecule has 0 spiro atoms. The number of fused-ring (bicyclic) bond motifs is 1. The second-order valence-corrected chi connectivity index (χ2v) is 7.64. The topological polar surface area (TPSA) is 120 Å². The van der Waals surface area contributed by atoms with Crippen molar-refractivity contribution in [1.82, 2.24) is 10.2 Å². The van der Waals surface area contributed by atoms with Crippen molar-refractivity contribution in [2.45, 2.75) is 25.5 Å². The van der Waals surface area contributed by atoms with Gasteiger partial charge >= 0.3 is 0 Å². The minimum atomic E-state index is -0.885.